The van der Waals surface area contributed by atoms with E-state index in [0.717, 1.165) is 6.04 Å². The predicted octanol–water partition coefficient (Wildman–Crippen LogP) is 4.20. The molecule has 2 aliphatic rings. The predicted molar refractivity (Wildman–Crippen MR) is 88.2 cm³/mol. The molecule has 2 rings (SSSR count). The summed E-state index contributed by atoms with van der Waals surface area (Å²) in [5.41, 5.74) is 0.580. The molecule has 0 aromatic heterocycles. The molecule has 2 aliphatic carbocycles. The standard InChI is InChI=1S/C18H36N2/c1-3-14-19-15-18(12-8-9-13-18)16-20(2)17-10-6-4-5-7-11-17/h17,19H,3-16H2,1-2H3. The van der Waals surface area contributed by atoms with Crippen LogP contribution in [0, 0.1) is 5.41 Å². The quantitative estimate of drug-likeness (QED) is 0.555. The van der Waals surface area contributed by atoms with Crippen LogP contribution in [0.25, 0.3) is 0 Å². The van der Waals surface area contributed by atoms with Crippen molar-refractivity contribution in [1.29, 1.82) is 0 Å². The van der Waals surface area contributed by atoms with Gasteiger partial charge in [-0.05, 0) is 51.1 Å². The van der Waals surface area contributed by atoms with E-state index in [0.29, 0.717) is 5.41 Å². The van der Waals surface area contributed by atoms with Crippen molar-refractivity contribution >= 4 is 0 Å². The molecule has 0 heterocycles. The maximum Gasteiger partial charge on any atom is 0.00924 e. The fourth-order valence-electron chi connectivity index (χ4n) is 4.40. The Kier molecular flexibility index (Phi) is 6.83. The summed E-state index contributed by atoms with van der Waals surface area (Å²) < 4.78 is 0. The van der Waals surface area contributed by atoms with Crippen LogP contribution in [0.2, 0.25) is 0 Å². The summed E-state index contributed by atoms with van der Waals surface area (Å²) in [7, 11) is 2.40. The summed E-state index contributed by atoms with van der Waals surface area (Å²) in [6.07, 6.45) is 15.8. The third kappa shape index (κ3) is 4.73. The van der Waals surface area contributed by atoms with E-state index in [1.165, 1.54) is 90.3 Å². The highest BCUT2D eigenvalue weighted by Crippen LogP contribution is 2.39. The van der Waals surface area contributed by atoms with E-state index in [-0.39, 0.29) is 0 Å². The summed E-state index contributed by atoms with van der Waals surface area (Å²) in [5.74, 6) is 0. The van der Waals surface area contributed by atoms with Gasteiger partial charge in [0.25, 0.3) is 0 Å². The summed E-state index contributed by atoms with van der Waals surface area (Å²) in [4.78, 5) is 2.73. The van der Waals surface area contributed by atoms with Gasteiger partial charge in [-0.15, -0.1) is 0 Å². The third-order valence-corrected chi connectivity index (χ3v) is 5.62. The van der Waals surface area contributed by atoms with Crippen LogP contribution in [0.4, 0.5) is 0 Å². The van der Waals surface area contributed by atoms with Gasteiger partial charge in [-0.2, -0.15) is 0 Å². The van der Waals surface area contributed by atoms with E-state index in [2.05, 4.69) is 24.2 Å². The number of hydrogen-bond acceptors (Lipinski definition) is 2. The molecule has 2 nitrogen and oxygen atoms in total. The Balaban J connectivity index is 1.85. The van der Waals surface area contributed by atoms with E-state index < -0.39 is 0 Å². The van der Waals surface area contributed by atoms with Crippen molar-refractivity contribution in [2.24, 2.45) is 5.41 Å². The Morgan fingerprint density at radius 3 is 2.25 bits per heavy atom. The zero-order valence-electron chi connectivity index (χ0n) is 13.9. The monoisotopic (exact) mass is 280 g/mol. The van der Waals surface area contributed by atoms with Crippen molar-refractivity contribution in [1.82, 2.24) is 10.2 Å². The minimum Gasteiger partial charge on any atom is -0.316 e. The minimum atomic E-state index is 0.580. The summed E-state index contributed by atoms with van der Waals surface area (Å²) in [6, 6.07) is 0.862. The highest BCUT2D eigenvalue weighted by Gasteiger charge is 2.35. The van der Waals surface area contributed by atoms with Gasteiger partial charge < -0.3 is 10.2 Å². The van der Waals surface area contributed by atoms with Gasteiger partial charge in [0.05, 0.1) is 0 Å². The molecule has 0 aromatic carbocycles. The van der Waals surface area contributed by atoms with Gasteiger partial charge >= 0.3 is 0 Å². The van der Waals surface area contributed by atoms with E-state index in [4.69, 9.17) is 0 Å². The first-order chi connectivity index (χ1) is 9.76. The van der Waals surface area contributed by atoms with Gasteiger partial charge in [0.15, 0.2) is 0 Å². The Bertz CT molecular complexity index is 250. The molecule has 0 aromatic rings. The summed E-state index contributed by atoms with van der Waals surface area (Å²) in [6.45, 7) is 6.03. The van der Waals surface area contributed by atoms with Gasteiger partial charge in [-0.25, -0.2) is 0 Å². The Morgan fingerprint density at radius 2 is 1.65 bits per heavy atom. The number of rotatable bonds is 7. The van der Waals surface area contributed by atoms with Crippen LogP contribution in [-0.2, 0) is 0 Å². The van der Waals surface area contributed by atoms with Gasteiger partial charge in [0, 0.05) is 19.1 Å². The number of hydrogen-bond donors (Lipinski definition) is 1. The molecule has 1 N–H and O–H groups in total. The van der Waals surface area contributed by atoms with Crippen LogP contribution in [-0.4, -0.2) is 37.6 Å². The van der Waals surface area contributed by atoms with Crippen molar-refractivity contribution in [2.45, 2.75) is 83.6 Å². The van der Waals surface area contributed by atoms with Crippen LogP contribution in [0.15, 0.2) is 0 Å². The second-order valence-electron chi connectivity index (χ2n) is 7.44. The molecular weight excluding hydrogens is 244 g/mol. The SMILES string of the molecule is CCCNCC1(CN(C)C2CCCCCC2)CCCC1. The lowest BCUT2D eigenvalue weighted by Crippen LogP contribution is -2.45. The maximum absolute atomic E-state index is 3.71. The first kappa shape index (κ1) is 16.3. The summed E-state index contributed by atoms with van der Waals surface area (Å²) >= 11 is 0. The molecule has 2 saturated carbocycles. The molecule has 0 aliphatic heterocycles. The van der Waals surface area contributed by atoms with Crippen molar-refractivity contribution in [3.8, 4) is 0 Å². The third-order valence-electron chi connectivity index (χ3n) is 5.62. The van der Waals surface area contributed by atoms with E-state index in [9.17, 15) is 0 Å². The van der Waals surface area contributed by atoms with Crippen molar-refractivity contribution < 1.29 is 0 Å². The van der Waals surface area contributed by atoms with Crippen molar-refractivity contribution in [3.63, 3.8) is 0 Å². The molecule has 0 amide bonds. The number of nitrogens with zero attached hydrogens (tertiary/aromatic N) is 1. The van der Waals surface area contributed by atoms with Crippen LogP contribution < -0.4 is 5.32 Å². The fraction of sp³-hybridized carbons (Fsp3) is 1.00. The van der Waals surface area contributed by atoms with Gasteiger partial charge in [0.1, 0.15) is 0 Å². The second kappa shape index (κ2) is 8.38. The molecule has 0 spiro atoms. The van der Waals surface area contributed by atoms with Crippen LogP contribution in [0.5, 0.6) is 0 Å². The molecule has 0 radical (unpaired) electrons. The molecule has 0 unspecified atom stereocenters. The van der Waals surface area contributed by atoms with Crippen molar-refractivity contribution in [3.05, 3.63) is 0 Å². The lowest BCUT2D eigenvalue weighted by molar-refractivity contribution is 0.126. The molecule has 2 heteroatoms. The summed E-state index contributed by atoms with van der Waals surface area (Å²) in [5, 5.41) is 3.71. The Labute approximate surface area is 126 Å². The average Bonchev–Trinajstić information content (AvgIpc) is 2.74. The van der Waals surface area contributed by atoms with E-state index in [1.807, 2.05) is 0 Å². The molecule has 118 valence electrons. The molecule has 0 bridgehead atoms. The highest BCUT2D eigenvalue weighted by molar-refractivity contribution is 4.90. The topological polar surface area (TPSA) is 15.3 Å². The van der Waals surface area contributed by atoms with E-state index >= 15 is 0 Å². The first-order valence-electron chi connectivity index (χ1n) is 9.17. The van der Waals surface area contributed by atoms with Gasteiger partial charge in [-0.1, -0.05) is 45.4 Å². The smallest absolute Gasteiger partial charge is 0.00924 e. The maximum atomic E-state index is 3.71. The number of nitrogens with one attached hydrogen (secondary N) is 1. The zero-order valence-corrected chi connectivity index (χ0v) is 13.9. The van der Waals surface area contributed by atoms with Crippen LogP contribution >= 0.6 is 0 Å². The molecular formula is C18H36N2. The Morgan fingerprint density at radius 1 is 1.00 bits per heavy atom. The first-order valence-corrected chi connectivity index (χ1v) is 9.17. The lowest BCUT2D eigenvalue weighted by Gasteiger charge is -2.37. The highest BCUT2D eigenvalue weighted by atomic mass is 15.1. The Hall–Kier alpha value is -0.0800. The molecule has 0 atom stereocenters. The zero-order chi connectivity index (χ0) is 14.3. The normalized spacial score (nSPS) is 24.1. The molecule has 2 fully saturated rings. The van der Waals surface area contributed by atoms with Gasteiger partial charge in [0.2, 0.25) is 0 Å². The van der Waals surface area contributed by atoms with Crippen LogP contribution in [0.3, 0.4) is 0 Å². The van der Waals surface area contributed by atoms with Crippen LogP contribution in [0.1, 0.15) is 77.6 Å². The molecule has 20 heavy (non-hydrogen) atoms. The minimum absolute atomic E-state index is 0.580. The molecule has 0 saturated heterocycles. The van der Waals surface area contributed by atoms with E-state index in [1.54, 1.807) is 0 Å². The second-order valence-corrected chi connectivity index (χ2v) is 7.44. The van der Waals surface area contributed by atoms with Gasteiger partial charge in [-0.3, -0.25) is 0 Å². The fourth-order valence-corrected chi connectivity index (χ4v) is 4.40. The van der Waals surface area contributed by atoms with Crippen molar-refractivity contribution in [2.75, 3.05) is 26.7 Å². The lowest BCUT2D eigenvalue weighted by atomic mass is 9.84. The average molecular weight is 280 g/mol. The largest absolute Gasteiger partial charge is 0.316 e.